The van der Waals surface area contributed by atoms with Gasteiger partial charge in [0.05, 0.1) is 0 Å². The molecular formula is C12H21NO. The van der Waals surface area contributed by atoms with Gasteiger partial charge < -0.3 is 5.32 Å². The van der Waals surface area contributed by atoms with Gasteiger partial charge in [0.2, 0.25) is 5.91 Å². The number of hydrogen-bond donors (Lipinski definition) is 1. The zero-order valence-electron chi connectivity index (χ0n) is 9.25. The zero-order chi connectivity index (χ0) is 10.4. The Morgan fingerprint density at radius 3 is 2.79 bits per heavy atom. The third-order valence-electron chi connectivity index (χ3n) is 2.69. The maximum absolute atomic E-state index is 11.7. The van der Waals surface area contributed by atoms with E-state index in [1.807, 2.05) is 19.9 Å². The van der Waals surface area contributed by atoms with Crippen molar-refractivity contribution in [2.75, 3.05) is 6.54 Å². The second kappa shape index (κ2) is 5.84. The van der Waals surface area contributed by atoms with Gasteiger partial charge in [-0.25, -0.2) is 0 Å². The first-order valence-electron chi connectivity index (χ1n) is 5.66. The van der Waals surface area contributed by atoms with Crippen molar-refractivity contribution in [1.82, 2.24) is 5.32 Å². The van der Waals surface area contributed by atoms with Gasteiger partial charge in [-0.05, 0) is 32.6 Å². The average molecular weight is 195 g/mol. The molecule has 0 aliphatic heterocycles. The molecule has 80 valence electrons. The maximum Gasteiger partial charge on any atom is 0.223 e. The lowest BCUT2D eigenvalue weighted by Crippen LogP contribution is -2.30. The van der Waals surface area contributed by atoms with Gasteiger partial charge in [-0.1, -0.05) is 25.0 Å². The number of nitrogens with one attached hydrogen (secondary N) is 1. The van der Waals surface area contributed by atoms with Crippen LogP contribution in [-0.2, 0) is 4.79 Å². The summed E-state index contributed by atoms with van der Waals surface area (Å²) in [6.07, 6.45) is 8.76. The summed E-state index contributed by atoms with van der Waals surface area (Å²) in [5, 5.41) is 2.91. The molecule has 0 heterocycles. The fraction of sp³-hybridized carbons (Fsp3) is 0.750. The first-order chi connectivity index (χ1) is 6.77. The van der Waals surface area contributed by atoms with Crippen molar-refractivity contribution in [3.63, 3.8) is 0 Å². The summed E-state index contributed by atoms with van der Waals surface area (Å²) >= 11 is 0. The van der Waals surface area contributed by atoms with Crippen LogP contribution in [0.3, 0.4) is 0 Å². The monoisotopic (exact) mass is 195 g/mol. The molecule has 2 nitrogen and oxygen atoms in total. The molecule has 1 unspecified atom stereocenters. The Hall–Kier alpha value is -0.790. The summed E-state index contributed by atoms with van der Waals surface area (Å²) in [6, 6.07) is 0. The number of carbonyl (C=O) groups excluding carboxylic acids is 1. The van der Waals surface area contributed by atoms with Crippen LogP contribution in [0.4, 0.5) is 0 Å². The summed E-state index contributed by atoms with van der Waals surface area (Å²) in [7, 11) is 0. The Kier molecular flexibility index (Phi) is 4.71. The van der Waals surface area contributed by atoms with E-state index in [1.165, 1.54) is 12.8 Å². The molecule has 0 aromatic carbocycles. The Morgan fingerprint density at radius 1 is 1.57 bits per heavy atom. The summed E-state index contributed by atoms with van der Waals surface area (Å²) in [5.74, 6) is 1.27. The molecule has 0 radical (unpaired) electrons. The predicted octanol–water partition coefficient (Wildman–Crippen LogP) is 2.51. The minimum atomic E-state index is 0.207. The van der Waals surface area contributed by atoms with Crippen LogP contribution < -0.4 is 5.32 Å². The van der Waals surface area contributed by atoms with Gasteiger partial charge in [-0.2, -0.15) is 0 Å². The topological polar surface area (TPSA) is 29.1 Å². The first kappa shape index (κ1) is 11.3. The highest BCUT2D eigenvalue weighted by Crippen LogP contribution is 2.36. The number of amides is 1. The van der Waals surface area contributed by atoms with E-state index in [9.17, 15) is 4.79 Å². The van der Waals surface area contributed by atoms with Crippen LogP contribution >= 0.6 is 0 Å². The molecular weight excluding hydrogens is 174 g/mol. The van der Waals surface area contributed by atoms with E-state index in [1.54, 1.807) is 0 Å². The first-order valence-corrected chi connectivity index (χ1v) is 5.66. The molecule has 0 bridgehead atoms. The molecule has 1 saturated carbocycles. The van der Waals surface area contributed by atoms with Crippen molar-refractivity contribution >= 4 is 5.91 Å². The molecule has 1 atom stereocenters. The summed E-state index contributed by atoms with van der Waals surface area (Å²) in [6.45, 7) is 4.73. The largest absolute Gasteiger partial charge is 0.356 e. The molecule has 0 saturated heterocycles. The Morgan fingerprint density at radius 2 is 2.29 bits per heavy atom. The lowest BCUT2D eigenvalue weighted by atomic mass is 9.97. The van der Waals surface area contributed by atoms with Crippen molar-refractivity contribution in [1.29, 1.82) is 0 Å². The third-order valence-corrected chi connectivity index (χ3v) is 2.69. The van der Waals surface area contributed by atoms with E-state index in [0.29, 0.717) is 0 Å². The SMILES string of the molecule is C/C=C/CC(CC1CC1)C(=O)NCC. The highest BCUT2D eigenvalue weighted by atomic mass is 16.1. The van der Waals surface area contributed by atoms with Crippen LogP contribution in [0.1, 0.15) is 39.5 Å². The average Bonchev–Trinajstić information content (AvgIpc) is 2.96. The van der Waals surface area contributed by atoms with Gasteiger partial charge in [0.1, 0.15) is 0 Å². The molecule has 0 aromatic heterocycles. The maximum atomic E-state index is 11.7. The minimum Gasteiger partial charge on any atom is -0.356 e. The third kappa shape index (κ3) is 3.95. The van der Waals surface area contributed by atoms with Crippen LogP contribution in [0, 0.1) is 11.8 Å². The number of rotatable bonds is 6. The Bertz CT molecular complexity index is 206. The molecule has 14 heavy (non-hydrogen) atoms. The molecule has 1 amide bonds. The molecule has 0 aromatic rings. The van der Waals surface area contributed by atoms with Gasteiger partial charge in [-0.3, -0.25) is 4.79 Å². The van der Waals surface area contributed by atoms with Gasteiger partial charge >= 0.3 is 0 Å². The van der Waals surface area contributed by atoms with Crippen LogP contribution in [0.5, 0.6) is 0 Å². The van der Waals surface area contributed by atoms with E-state index in [2.05, 4.69) is 11.4 Å². The quantitative estimate of drug-likeness (QED) is 0.648. The smallest absolute Gasteiger partial charge is 0.223 e. The lowest BCUT2D eigenvalue weighted by molar-refractivity contribution is -0.125. The Labute approximate surface area is 86.8 Å². The lowest BCUT2D eigenvalue weighted by Gasteiger charge is -2.13. The highest BCUT2D eigenvalue weighted by Gasteiger charge is 2.28. The van der Waals surface area contributed by atoms with Crippen molar-refractivity contribution in [2.24, 2.45) is 11.8 Å². The van der Waals surface area contributed by atoms with E-state index in [4.69, 9.17) is 0 Å². The summed E-state index contributed by atoms with van der Waals surface area (Å²) in [4.78, 5) is 11.7. The van der Waals surface area contributed by atoms with Gasteiger partial charge in [0.25, 0.3) is 0 Å². The zero-order valence-corrected chi connectivity index (χ0v) is 9.25. The van der Waals surface area contributed by atoms with Crippen molar-refractivity contribution in [3.8, 4) is 0 Å². The van der Waals surface area contributed by atoms with Crippen LogP contribution in [0.2, 0.25) is 0 Å². The molecule has 1 aliphatic carbocycles. The number of carbonyl (C=O) groups is 1. The number of allylic oxidation sites excluding steroid dienone is 2. The van der Waals surface area contributed by atoms with Crippen molar-refractivity contribution < 1.29 is 4.79 Å². The van der Waals surface area contributed by atoms with Crippen LogP contribution in [0.25, 0.3) is 0 Å². The van der Waals surface area contributed by atoms with E-state index >= 15 is 0 Å². The van der Waals surface area contributed by atoms with E-state index in [-0.39, 0.29) is 11.8 Å². The van der Waals surface area contributed by atoms with Gasteiger partial charge in [-0.15, -0.1) is 0 Å². The molecule has 0 spiro atoms. The van der Waals surface area contributed by atoms with Gasteiger partial charge in [0, 0.05) is 12.5 Å². The van der Waals surface area contributed by atoms with Gasteiger partial charge in [0.15, 0.2) is 0 Å². The second-order valence-electron chi connectivity index (χ2n) is 4.08. The molecule has 1 fully saturated rings. The van der Waals surface area contributed by atoms with Crippen LogP contribution in [0.15, 0.2) is 12.2 Å². The molecule has 1 N–H and O–H groups in total. The Balaban J connectivity index is 2.36. The normalized spacial score (nSPS) is 18.4. The molecule has 2 heteroatoms. The summed E-state index contributed by atoms with van der Waals surface area (Å²) in [5.41, 5.74) is 0. The standard InChI is InChI=1S/C12H21NO/c1-3-5-6-11(9-10-7-8-10)12(14)13-4-2/h3,5,10-11H,4,6-9H2,1-2H3,(H,13,14)/b5-3+. The number of hydrogen-bond acceptors (Lipinski definition) is 1. The van der Waals surface area contributed by atoms with Crippen molar-refractivity contribution in [3.05, 3.63) is 12.2 Å². The van der Waals surface area contributed by atoms with E-state index < -0.39 is 0 Å². The highest BCUT2D eigenvalue weighted by molar-refractivity contribution is 5.78. The fourth-order valence-corrected chi connectivity index (χ4v) is 1.69. The molecule has 1 rings (SSSR count). The second-order valence-corrected chi connectivity index (χ2v) is 4.08. The molecule has 1 aliphatic rings. The summed E-state index contributed by atoms with van der Waals surface area (Å²) < 4.78 is 0. The van der Waals surface area contributed by atoms with E-state index in [0.717, 1.165) is 25.3 Å². The van der Waals surface area contributed by atoms with Crippen LogP contribution in [-0.4, -0.2) is 12.5 Å². The predicted molar refractivity (Wildman–Crippen MR) is 58.9 cm³/mol. The fourth-order valence-electron chi connectivity index (χ4n) is 1.69. The minimum absolute atomic E-state index is 0.207. The van der Waals surface area contributed by atoms with Crippen molar-refractivity contribution in [2.45, 2.75) is 39.5 Å².